The molecule has 2 atom stereocenters. The first-order chi connectivity index (χ1) is 10.7. The molecule has 0 bridgehead atoms. The lowest BCUT2D eigenvalue weighted by molar-refractivity contribution is -0.118. The van der Waals surface area contributed by atoms with Gasteiger partial charge in [0.2, 0.25) is 11.9 Å². The van der Waals surface area contributed by atoms with Gasteiger partial charge in [0.15, 0.2) is 0 Å². The van der Waals surface area contributed by atoms with Crippen molar-refractivity contribution in [2.75, 3.05) is 10.2 Å². The SMILES string of the molecule is CCC(C)C1C(=O)Nc2ccccc2CN1c1ncccn1. The quantitative estimate of drug-likeness (QED) is 0.946. The normalized spacial score (nSPS) is 19.1. The highest BCUT2D eigenvalue weighted by Crippen LogP contribution is 2.29. The average Bonchev–Trinajstić information content (AvgIpc) is 2.70. The highest BCUT2D eigenvalue weighted by molar-refractivity contribution is 5.98. The lowest BCUT2D eigenvalue weighted by Gasteiger charge is -2.32. The van der Waals surface area contributed by atoms with Crippen LogP contribution in [0.2, 0.25) is 0 Å². The van der Waals surface area contributed by atoms with Gasteiger partial charge in [-0.25, -0.2) is 9.97 Å². The van der Waals surface area contributed by atoms with Gasteiger partial charge in [-0.1, -0.05) is 38.5 Å². The third-order valence-corrected chi connectivity index (χ3v) is 4.21. The molecule has 1 aliphatic rings. The Morgan fingerprint density at radius 2 is 2.00 bits per heavy atom. The molecule has 0 fully saturated rings. The van der Waals surface area contributed by atoms with Crippen molar-refractivity contribution in [1.29, 1.82) is 0 Å². The Labute approximate surface area is 130 Å². The first kappa shape index (κ1) is 14.5. The number of benzene rings is 1. The van der Waals surface area contributed by atoms with Crippen molar-refractivity contribution in [1.82, 2.24) is 9.97 Å². The molecule has 5 heteroatoms. The minimum absolute atomic E-state index is 0.00625. The molecule has 2 unspecified atom stereocenters. The van der Waals surface area contributed by atoms with E-state index in [1.54, 1.807) is 18.5 Å². The van der Waals surface area contributed by atoms with Crippen LogP contribution in [0.1, 0.15) is 25.8 Å². The molecule has 2 heterocycles. The minimum atomic E-state index is -0.278. The molecule has 5 nitrogen and oxygen atoms in total. The molecule has 0 saturated carbocycles. The molecule has 2 aromatic rings. The monoisotopic (exact) mass is 296 g/mol. The van der Waals surface area contributed by atoms with Crippen LogP contribution in [0.4, 0.5) is 11.6 Å². The highest BCUT2D eigenvalue weighted by atomic mass is 16.2. The van der Waals surface area contributed by atoms with Crippen molar-refractivity contribution in [2.45, 2.75) is 32.9 Å². The zero-order valence-electron chi connectivity index (χ0n) is 12.9. The number of carbonyl (C=O) groups is 1. The van der Waals surface area contributed by atoms with E-state index in [2.05, 4.69) is 29.1 Å². The standard InChI is InChI=1S/C17H20N4O/c1-3-12(2)15-16(22)20-14-8-5-4-7-13(14)11-21(15)17-18-9-6-10-19-17/h4-10,12,15H,3,11H2,1-2H3,(H,20,22). The maximum atomic E-state index is 12.8. The number of anilines is 2. The summed E-state index contributed by atoms with van der Waals surface area (Å²) in [5.74, 6) is 0.810. The van der Waals surface area contributed by atoms with Crippen LogP contribution in [0.15, 0.2) is 42.7 Å². The fourth-order valence-corrected chi connectivity index (χ4v) is 2.83. The number of amides is 1. The molecule has 0 spiro atoms. The molecule has 1 aliphatic heterocycles. The van der Waals surface area contributed by atoms with Crippen LogP contribution in [0.5, 0.6) is 0 Å². The van der Waals surface area contributed by atoms with Gasteiger partial charge in [-0.3, -0.25) is 4.79 Å². The van der Waals surface area contributed by atoms with Crippen LogP contribution in [-0.2, 0) is 11.3 Å². The summed E-state index contributed by atoms with van der Waals surface area (Å²) in [6.07, 6.45) is 4.34. The van der Waals surface area contributed by atoms with Gasteiger partial charge in [-0.2, -0.15) is 0 Å². The summed E-state index contributed by atoms with van der Waals surface area (Å²) in [5, 5.41) is 3.05. The van der Waals surface area contributed by atoms with E-state index < -0.39 is 0 Å². The zero-order valence-corrected chi connectivity index (χ0v) is 12.9. The summed E-state index contributed by atoms with van der Waals surface area (Å²) in [6, 6.07) is 9.40. The molecular weight excluding hydrogens is 276 g/mol. The molecule has 1 aromatic carbocycles. The van der Waals surface area contributed by atoms with E-state index in [-0.39, 0.29) is 17.9 Å². The molecule has 22 heavy (non-hydrogen) atoms. The third kappa shape index (κ3) is 2.66. The second kappa shape index (κ2) is 6.13. The number of fused-ring (bicyclic) bond motifs is 1. The Hall–Kier alpha value is -2.43. The Morgan fingerprint density at radius 3 is 2.73 bits per heavy atom. The second-order valence-electron chi connectivity index (χ2n) is 5.65. The van der Waals surface area contributed by atoms with Crippen LogP contribution in [0.3, 0.4) is 0 Å². The first-order valence-corrected chi connectivity index (χ1v) is 7.63. The van der Waals surface area contributed by atoms with Crippen molar-refractivity contribution >= 4 is 17.5 Å². The Kier molecular flexibility index (Phi) is 4.04. The molecule has 1 aromatic heterocycles. The molecule has 1 amide bonds. The van der Waals surface area contributed by atoms with Crippen molar-refractivity contribution in [3.05, 3.63) is 48.3 Å². The lowest BCUT2D eigenvalue weighted by atomic mass is 9.97. The molecule has 0 aliphatic carbocycles. The van der Waals surface area contributed by atoms with E-state index in [1.807, 2.05) is 29.2 Å². The number of hydrogen-bond donors (Lipinski definition) is 1. The molecular formula is C17H20N4O. The number of hydrogen-bond acceptors (Lipinski definition) is 4. The fourth-order valence-electron chi connectivity index (χ4n) is 2.83. The summed E-state index contributed by atoms with van der Waals surface area (Å²) in [4.78, 5) is 23.5. The van der Waals surface area contributed by atoms with Crippen LogP contribution in [0, 0.1) is 5.92 Å². The predicted octanol–water partition coefficient (Wildman–Crippen LogP) is 2.85. The summed E-state index contributed by atoms with van der Waals surface area (Å²) < 4.78 is 0. The van der Waals surface area contributed by atoms with Crippen LogP contribution < -0.4 is 10.2 Å². The Bertz CT molecular complexity index is 659. The third-order valence-electron chi connectivity index (χ3n) is 4.21. The van der Waals surface area contributed by atoms with Crippen molar-refractivity contribution in [2.24, 2.45) is 5.92 Å². The van der Waals surface area contributed by atoms with Gasteiger partial charge in [0.05, 0.1) is 0 Å². The van der Waals surface area contributed by atoms with Crippen LogP contribution in [0.25, 0.3) is 0 Å². The van der Waals surface area contributed by atoms with Gasteiger partial charge in [0.1, 0.15) is 6.04 Å². The Balaban J connectivity index is 2.07. The summed E-state index contributed by atoms with van der Waals surface area (Å²) in [6.45, 7) is 4.81. The van der Waals surface area contributed by atoms with Gasteiger partial charge in [-0.15, -0.1) is 0 Å². The summed E-state index contributed by atoms with van der Waals surface area (Å²) in [5.41, 5.74) is 1.95. The van der Waals surface area contributed by atoms with E-state index in [0.29, 0.717) is 12.5 Å². The molecule has 0 saturated heterocycles. The predicted molar refractivity (Wildman–Crippen MR) is 86.5 cm³/mol. The molecule has 3 rings (SSSR count). The van der Waals surface area contributed by atoms with Gasteiger partial charge in [0.25, 0.3) is 0 Å². The first-order valence-electron chi connectivity index (χ1n) is 7.63. The largest absolute Gasteiger partial charge is 0.324 e. The number of aromatic nitrogens is 2. The number of nitrogens with one attached hydrogen (secondary N) is 1. The van der Waals surface area contributed by atoms with Crippen molar-refractivity contribution in [3.8, 4) is 0 Å². The smallest absolute Gasteiger partial charge is 0.247 e. The lowest BCUT2D eigenvalue weighted by Crippen LogP contribution is -2.46. The van der Waals surface area contributed by atoms with Crippen molar-refractivity contribution in [3.63, 3.8) is 0 Å². The van der Waals surface area contributed by atoms with Crippen LogP contribution >= 0.6 is 0 Å². The van der Waals surface area contributed by atoms with Crippen LogP contribution in [-0.4, -0.2) is 21.9 Å². The topological polar surface area (TPSA) is 58.1 Å². The zero-order chi connectivity index (χ0) is 15.5. The maximum absolute atomic E-state index is 12.8. The second-order valence-corrected chi connectivity index (χ2v) is 5.65. The Morgan fingerprint density at radius 1 is 1.27 bits per heavy atom. The number of nitrogens with zero attached hydrogens (tertiary/aromatic N) is 3. The van der Waals surface area contributed by atoms with Gasteiger partial charge in [0, 0.05) is 24.6 Å². The molecule has 1 N–H and O–H groups in total. The summed E-state index contributed by atoms with van der Waals surface area (Å²) in [7, 11) is 0. The number of carbonyl (C=O) groups excluding carboxylic acids is 1. The number of para-hydroxylation sites is 1. The average molecular weight is 296 g/mol. The van der Waals surface area contributed by atoms with Gasteiger partial charge in [-0.05, 0) is 23.6 Å². The van der Waals surface area contributed by atoms with E-state index >= 15 is 0 Å². The van der Waals surface area contributed by atoms with Crippen molar-refractivity contribution < 1.29 is 4.79 Å². The van der Waals surface area contributed by atoms with Gasteiger partial charge < -0.3 is 10.2 Å². The molecule has 0 radical (unpaired) electrons. The van der Waals surface area contributed by atoms with E-state index in [1.165, 1.54) is 0 Å². The highest BCUT2D eigenvalue weighted by Gasteiger charge is 2.35. The molecule has 114 valence electrons. The maximum Gasteiger partial charge on any atom is 0.247 e. The number of rotatable bonds is 3. The van der Waals surface area contributed by atoms with E-state index in [4.69, 9.17) is 0 Å². The summed E-state index contributed by atoms with van der Waals surface area (Å²) >= 11 is 0. The van der Waals surface area contributed by atoms with Gasteiger partial charge >= 0.3 is 0 Å². The fraction of sp³-hybridized carbons (Fsp3) is 0.353. The van der Waals surface area contributed by atoms with E-state index in [0.717, 1.165) is 17.7 Å². The van der Waals surface area contributed by atoms with E-state index in [9.17, 15) is 4.79 Å². The minimum Gasteiger partial charge on any atom is -0.324 e.